The lowest BCUT2D eigenvalue weighted by molar-refractivity contribution is 0.120. The fourth-order valence-corrected chi connectivity index (χ4v) is 1.92. The summed E-state index contributed by atoms with van der Waals surface area (Å²) in [6.45, 7) is 11.9. The van der Waals surface area contributed by atoms with Crippen molar-refractivity contribution in [3.8, 4) is 0 Å². The Morgan fingerprint density at radius 3 is 2.60 bits per heavy atom. The average molecular weight is 214 g/mol. The molecule has 2 unspecified atom stereocenters. The highest BCUT2D eigenvalue weighted by Crippen LogP contribution is 2.17. The lowest BCUT2D eigenvalue weighted by Crippen LogP contribution is -2.32. The zero-order valence-corrected chi connectivity index (χ0v) is 10.4. The van der Waals surface area contributed by atoms with Gasteiger partial charge < -0.3 is 15.4 Å². The smallest absolute Gasteiger partial charge is 0.0551 e. The van der Waals surface area contributed by atoms with E-state index in [1.54, 1.807) is 0 Å². The summed E-state index contributed by atoms with van der Waals surface area (Å²) >= 11 is 0. The van der Waals surface area contributed by atoms with E-state index in [1.165, 1.54) is 6.42 Å². The average Bonchev–Trinajstić information content (AvgIpc) is 2.57. The highest BCUT2D eigenvalue weighted by molar-refractivity contribution is 4.72. The van der Waals surface area contributed by atoms with Crippen molar-refractivity contribution in [3.63, 3.8) is 0 Å². The third kappa shape index (κ3) is 6.13. The monoisotopic (exact) mass is 214 g/mol. The molecule has 2 N–H and O–H groups in total. The van der Waals surface area contributed by atoms with E-state index >= 15 is 0 Å². The molecule has 0 aliphatic carbocycles. The van der Waals surface area contributed by atoms with Gasteiger partial charge in [-0.15, -0.1) is 0 Å². The number of rotatable bonds is 7. The molecular formula is C12H26N2O. The van der Waals surface area contributed by atoms with Crippen LogP contribution in [0.1, 0.15) is 27.2 Å². The minimum absolute atomic E-state index is 0.468. The van der Waals surface area contributed by atoms with Crippen molar-refractivity contribution in [1.29, 1.82) is 0 Å². The molecule has 1 heterocycles. The van der Waals surface area contributed by atoms with Gasteiger partial charge in [-0.1, -0.05) is 13.8 Å². The maximum absolute atomic E-state index is 5.52. The molecule has 90 valence electrons. The lowest BCUT2D eigenvalue weighted by Gasteiger charge is -2.11. The van der Waals surface area contributed by atoms with Gasteiger partial charge in [0.15, 0.2) is 0 Å². The molecule has 0 bridgehead atoms. The summed E-state index contributed by atoms with van der Waals surface area (Å²) in [5.41, 5.74) is 0. The Kier molecular flexibility index (Phi) is 6.22. The van der Waals surface area contributed by atoms with E-state index in [9.17, 15) is 0 Å². The molecule has 0 saturated carbocycles. The first kappa shape index (κ1) is 12.9. The maximum atomic E-state index is 5.52. The Bertz CT molecular complexity index is 162. The summed E-state index contributed by atoms with van der Waals surface area (Å²) in [4.78, 5) is 0. The number of hydrogen-bond donors (Lipinski definition) is 2. The maximum Gasteiger partial charge on any atom is 0.0551 e. The van der Waals surface area contributed by atoms with E-state index in [4.69, 9.17) is 4.74 Å². The summed E-state index contributed by atoms with van der Waals surface area (Å²) in [5, 5.41) is 6.90. The quantitative estimate of drug-likeness (QED) is 0.626. The predicted molar refractivity (Wildman–Crippen MR) is 64.1 cm³/mol. The van der Waals surface area contributed by atoms with Crippen LogP contribution in [0, 0.1) is 11.8 Å². The fourth-order valence-electron chi connectivity index (χ4n) is 1.92. The first-order chi connectivity index (χ1) is 7.18. The van der Waals surface area contributed by atoms with Gasteiger partial charge in [0.05, 0.1) is 12.7 Å². The largest absolute Gasteiger partial charge is 0.378 e. The third-order valence-electron chi connectivity index (χ3n) is 2.75. The second kappa shape index (κ2) is 7.20. The van der Waals surface area contributed by atoms with Gasteiger partial charge in [0, 0.05) is 19.6 Å². The zero-order valence-electron chi connectivity index (χ0n) is 10.4. The molecule has 3 nitrogen and oxygen atoms in total. The molecule has 1 aliphatic rings. The zero-order chi connectivity index (χ0) is 11.1. The molecule has 0 spiro atoms. The summed E-state index contributed by atoms with van der Waals surface area (Å²) < 4.78 is 5.52. The van der Waals surface area contributed by atoms with Crippen molar-refractivity contribution in [2.45, 2.75) is 33.3 Å². The minimum atomic E-state index is 0.468. The Hall–Kier alpha value is -0.120. The predicted octanol–water partition coefficient (Wildman–Crippen LogP) is 1.25. The van der Waals surface area contributed by atoms with E-state index in [2.05, 4.69) is 31.4 Å². The normalized spacial score (nSPS) is 26.4. The fraction of sp³-hybridized carbons (Fsp3) is 1.00. The molecule has 0 radical (unpaired) electrons. The molecular weight excluding hydrogens is 188 g/mol. The summed E-state index contributed by atoms with van der Waals surface area (Å²) in [6.07, 6.45) is 1.68. The van der Waals surface area contributed by atoms with Crippen LogP contribution in [0.25, 0.3) is 0 Å². The molecule has 1 fully saturated rings. The van der Waals surface area contributed by atoms with Crippen molar-refractivity contribution in [3.05, 3.63) is 0 Å². The van der Waals surface area contributed by atoms with Crippen molar-refractivity contribution in [2.24, 2.45) is 11.8 Å². The van der Waals surface area contributed by atoms with Crippen molar-refractivity contribution < 1.29 is 4.74 Å². The Balaban J connectivity index is 1.85. The van der Waals surface area contributed by atoms with E-state index < -0.39 is 0 Å². The molecule has 0 aromatic rings. The Labute approximate surface area is 94.0 Å². The molecule has 15 heavy (non-hydrogen) atoms. The highest BCUT2D eigenvalue weighted by Gasteiger charge is 2.20. The molecule has 1 aliphatic heterocycles. The minimum Gasteiger partial charge on any atom is -0.378 e. The second-order valence-corrected chi connectivity index (χ2v) is 5.05. The van der Waals surface area contributed by atoms with Gasteiger partial charge in [0.25, 0.3) is 0 Å². The van der Waals surface area contributed by atoms with Crippen LogP contribution >= 0.6 is 0 Å². The second-order valence-electron chi connectivity index (χ2n) is 5.05. The van der Waals surface area contributed by atoms with Gasteiger partial charge in [0.2, 0.25) is 0 Å². The summed E-state index contributed by atoms with van der Waals surface area (Å²) in [5.74, 6) is 1.47. The molecule has 2 atom stereocenters. The van der Waals surface area contributed by atoms with Crippen molar-refractivity contribution >= 4 is 0 Å². The van der Waals surface area contributed by atoms with Crippen LogP contribution < -0.4 is 10.6 Å². The van der Waals surface area contributed by atoms with Crippen LogP contribution in [-0.2, 0) is 4.74 Å². The Morgan fingerprint density at radius 2 is 2.00 bits per heavy atom. The standard InChI is InChI=1S/C12H26N2O/c1-10(2)7-13-4-5-14-8-12-6-11(3)15-9-12/h10-14H,4-9H2,1-3H3. The van der Waals surface area contributed by atoms with Crippen LogP contribution in [0.3, 0.4) is 0 Å². The van der Waals surface area contributed by atoms with Gasteiger partial charge in [-0.2, -0.15) is 0 Å². The van der Waals surface area contributed by atoms with E-state index in [1.807, 2.05) is 0 Å². The number of hydrogen-bond acceptors (Lipinski definition) is 3. The van der Waals surface area contributed by atoms with Gasteiger partial charge in [-0.25, -0.2) is 0 Å². The molecule has 0 aromatic carbocycles. The highest BCUT2D eigenvalue weighted by atomic mass is 16.5. The first-order valence-corrected chi connectivity index (χ1v) is 6.21. The van der Waals surface area contributed by atoms with Gasteiger partial charge in [-0.3, -0.25) is 0 Å². The van der Waals surface area contributed by atoms with Gasteiger partial charge in [-0.05, 0) is 31.7 Å². The molecule has 0 aromatic heterocycles. The molecule has 1 saturated heterocycles. The van der Waals surface area contributed by atoms with Gasteiger partial charge >= 0.3 is 0 Å². The van der Waals surface area contributed by atoms with Crippen molar-refractivity contribution in [1.82, 2.24) is 10.6 Å². The van der Waals surface area contributed by atoms with Crippen LogP contribution in [-0.4, -0.2) is 38.9 Å². The number of nitrogens with one attached hydrogen (secondary N) is 2. The first-order valence-electron chi connectivity index (χ1n) is 6.21. The van der Waals surface area contributed by atoms with Crippen LogP contribution in [0.15, 0.2) is 0 Å². The van der Waals surface area contributed by atoms with E-state index in [0.717, 1.165) is 44.6 Å². The summed E-state index contributed by atoms with van der Waals surface area (Å²) in [7, 11) is 0. The number of ether oxygens (including phenoxy) is 1. The Morgan fingerprint density at radius 1 is 1.27 bits per heavy atom. The van der Waals surface area contributed by atoms with Crippen LogP contribution in [0.5, 0.6) is 0 Å². The van der Waals surface area contributed by atoms with Crippen molar-refractivity contribution in [2.75, 3.05) is 32.8 Å². The molecule has 1 rings (SSSR count). The summed E-state index contributed by atoms with van der Waals surface area (Å²) in [6, 6.07) is 0. The lowest BCUT2D eigenvalue weighted by atomic mass is 10.1. The van der Waals surface area contributed by atoms with Gasteiger partial charge in [0.1, 0.15) is 0 Å². The van der Waals surface area contributed by atoms with E-state index in [-0.39, 0.29) is 0 Å². The topological polar surface area (TPSA) is 33.3 Å². The molecule has 0 amide bonds. The van der Waals surface area contributed by atoms with Crippen LogP contribution in [0.2, 0.25) is 0 Å². The SMILES string of the molecule is CC(C)CNCCNCC1COC(C)C1. The van der Waals surface area contributed by atoms with E-state index in [0.29, 0.717) is 6.10 Å². The molecule has 3 heteroatoms. The van der Waals surface area contributed by atoms with Crippen LogP contribution in [0.4, 0.5) is 0 Å². The third-order valence-corrected chi connectivity index (χ3v) is 2.75.